The number of carboxylic acid groups (broad SMARTS) is 1. The third-order valence-electron chi connectivity index (χ3n) is 4.85. The van der Waals surface area contributed by atoms with E-state index in [1.165, 1.54) is 25.7 Å². The van der Waals surface area contributed by atoms with E-state index in [2.05, 4.69) is 23.6 Å². The van der Waals surface area contributed by atoms with E-state index in [0.717, 1.165) is 32.6 Å². The molecule has 0 amide bonds. The van der Waals surface area contributed by atoms with Gasteiger partial charge >= 0.3 is 5.97 Å². The lowest BCUT2D eigenvalue weighted by molar-refractivity contribution is -0.140. The van der Waals surface area contributed by atoms with Gasteiger partial charge < -0.3 is 5.11 Å². The summed E-state index contributed by atoms with van der Waals surface area (Å²) in [5.74, 6) is -0.644. The zero-order valence-electron chi connectivity index (χ0n) is 12.4. The first-order chi connectivity index (χ1) is 9.03. The molecule has 2 aliphatic rings. The minimum atomic E-state index is -0.644. The number of aliphatic carboxylic acids is 1. The fraction of sp³-hybridized carbons (Fsp3) is 0.933. The van der Waals surface area contributed by atoms with E-state index in [9.17, 15) is 9.90 Å². The Kier molecular flexibility index (Phi) is 4.85. The van der Waals surface area contributed by atoms with Gasteiger partial charge in [-0.3, -0.25) is 14.6 Å². The third kappa shape index (κ3) is 3.48. The van der Waals surface area contributed by atoms with E-state index in [4.69, 9.17) is 0 Å². The molecule has 1 atom stereocenters. The molecule has 19 heavy (non-hydrogen) atoms. The highest BCUT2D eigenvalue weighted by Gasteiger charge is 2.44. The summed E-state index contributed by atoms with van der Waals surface area (Å²) in [6.45, 7) is 8.55. The maximum atomic E-state index is 11.3. The Hall–Kier alpha value is -0.610. The molecule has 0 radical (unpaired) electrons. The highest BCUT2D eigenvalue weighted by Crippen LogP contribution is 2.34. The Labute approximate surface area is 116 Å². The largest absolute Gasteiger partial charge is 0.481 e. The maximum absolute atomic E-state index is 11.3. The minimum Gasteiger partial charge on any atom is -0.481 e. The molecule has 0 spiro atoms. The molecular weight excluding hydrogens is 240 g/mol. The number of hydrogen-bond donors (Lipinski definition) is 1. The Morgan fingerprint density at radius 1 is 1.16 bits per heavy atom. The second kappa shape index (κ2) is 6.23. The van der Waals surface area contributed by atoms with E-state index < -0.39 is 5.97 Å². The van der Waals surface area contributed by atoms with Crippen LogP contribution >= 0.6 is 0 Å². The normalized spacial score (nSPS) is 30.7. The number of likely N-dealkylation sites (tertiary alicyclic amines) is 2. The van der Waals surface area contributed by atoms with Crippen molar-refractivity contribution in [3.05, 3.63) is 0 Å². The maximum Gasteiger partial charge on any atom is 0.305 e. The van der Waals surface area contributed by atoms with Crippen LogP contribution in [0.5, 0.6) is 0 Å². The summed E-state index contributed by atoms with van der Waals surface area (Å²) in [6.07, 6.45) is 6.36. The standard InChI is InChI=1S/C15H28N2O2/c1-13(2)16-10-7-15(12-16,11-14(18)19)17-8-5-3-4-6-9-17/h13H,3-12H2,1-2H3,(H,18,19). The summed E-state index contributed by atoms with van der Waals surface area (Å²) in [5, 5.41) is 9.32. The van der Waals surface area contributed by atoms with Crippen LogP contribution in [-0.2, 0) is 4.79 Å². The molecule has 4 nitrogen and oxygen atoms in total. The van der Waals surface area contributed by atoms with Crippen molar-refractivity contribution < 1.29 is 9.90 Å². The second-order valence-electron chi connectivity index (χ2n) is 6.51. The van der Waals surface area contributed by atoms with Gasteiger partial charge in [-0.2, -0.15) is 0 Å². The summed E-state index contributed by atoms with van der Waals surface area (Å²) >= 11 is 0. The van der Waals surface area contributed by atoms with Gasteiger partial charge in [0.2, 0.25) is 0 Å². The van der Waals surface area contributed by atoms with Crippen molar-refractivity contribution in [3.8, 4) is 0 Å². The van der Waals surface area contributed by atoms with Gasteiger partial charge in [0.25, 0.3) is 0 Å². The van der Waals surface area contributed by atoms with E-state index in [1.807, 2.05) is 0 Å². The number of rotatable bonds is 4. The average Bonchev–Trinajstić information content (AvgIpc) is 2.60. The molecule has 0 bridgehead atoms. The molecule has 0 saturated carbocycles. The van der Waals surface area contributed by atoms with Crippen molar-refractivity contribution in [2.24, 2.45) is 0 Å². The lowest BCUT2D eigenvalue weighted by Gasteiger charge is -2.40. The van der Waals surface area contributed by atoms with Gasteiger partial charge in [-0.1, -0.05) is 12.8 Å². The molecule has 0 aliphatic carbocycles. The minimum absolute atomic E-state index is 0.111. The van der Waals surface area contributed by atoms with Gasteiger partial charge in [0.15, 0.2) is 0 Å². The predicted molar refractivity (Wildman–Crippen MR) is 76.4 cm³/mol. The molecule has 1 N–H and O–H groups in total. The van der Waals surface area contributed by atoms with Crippen molar-refractivity contribution in [1.29, 1.82) is 0 Å². The van der Waals surface area contributed by atoms with Crippen molar-refractivity contribution in [2.45, 2.75) is 64.0 Å². The van der Waals surface area contributed by atoms with Crippen LogP contribution in [0.15, 0.2) is 0 Å². The Morgan fingerprint density at radius 2 is 1.79 bits per heavy atom. The monoisotopic (exact) mass is 268 g/mol. The smallest absolute Gasteiger partial charge is 0.305 e. The predicted octanol–water partition coefficient (Wildman–Crippen LogP) is 2.19. The molecule has 110 valence electrons. The molecule has 1 unspecified atom stereocenters. The van der Waals surface area contributed by atoms with Crippen molar-refractivity contribution in [2.75, 3.05) is 26.2 Å². The summed E-state index contributed by atoms with van der Waals surface area (Å²) in [7, 11) is 0. The van der Waals surface area contributed by atoms with Gasteiger partial charge in [-0.05, 0) is 46.2 Å². The second-order valence-corrected chi connectivity index (χ2v) is 6.51. The van der Waals surface area contributed by atoms with E-state index in [-0.39, 0.29) is 5.54 Å². The van der Waals surface area contributed by atoms with Crippen LogP contribution in [0.25, 0.3) is 0 Å². The fourth-order valence-corrected chi connectivity index (χ4v) is 3.67. The number of nitrogens with zero attached hydrogens (tertiary/aromatic N) is 2. The molecule has 2 saturated heterocycles. The van der Waals surface area contributed by atoms with Gasteiger partial charge in [-0.15, -0.1) is 0 Å². The molecule has 2 rings (SSSR count). The van der Waals surface area contributed by atoms with E-state index in [1.54, 1.807) is 0 Å². The van der Waals surface area contributed by atoms with Crippen LogP contribution in [0.1, 0.15) is 52.4 Å². The molecule has 0 aromatic rings. The van der Waals surface area contributed by atoms with Gasteiger partial charge in [0, 0.05) is 24.7 Å². The summed E-state index contributed by atoms with van der Waals surface area (Å²) in [4.78, 5) is 16.3. The van der Waals surface area contributed by atoms with Crippen LogP contribution in [-0.4, -0.2) is 58.6 Å². The Morgan fingerprint density at radius 3 is 2.26 bits per heavy atom. The number of carbonyl (C=O) groups is 1. The van der Waals surface area contributed by atoms with Crippen molar-refractivity contribution in [1.82, 2.24) is 9.80 Å². The van der Waals surface area contributed by atoms with Crippen LogP contribution in [0.2, 0.25) is 0 Å². The van der Waals surface area contributed by atoms with Gasteiger partial charge in [0.05, 0.1) is 6.42 Å². The SMILES string of the molecule is CC(C)N1CCC(CC(=O)O)(N2CCCCCC2)C1. The third-order valence-corrected chi connectivity index (χ3v) is 4.85. The fourth-order valence-electron chi connectivity index (χ4n) is 3.67. The molecule has 0 aromatic heterocycles. The average molecular weight is 268 g/mol. The van der Waals surface area contributed by atoms with Crippen LogP contribution in [0, 0.1) is 0 Å². The Bertz CT molecular complexity index is 311. The summed E-state index contributed by atoms with van der Waals surface area (Å²) in [6, 6.07) is 0.516. The van der Waals surface area contributed by atoms with Gasteiger partial charge in [-0.25, -0.2) is 0 Å². The summed E-state index contributed by atoms with van der Waals surface area (Å²) < 4.78 is 0. The first-order valence-electron chi connectivity index (χ1n) is 7.74. The van der Waals surface area contributed by atoms with Crippen LogP contribution in [0.4, 0.5) is 0 Å². The molecule has 2 heterocycles. The van der Waals surface area contributed by atoms with Crippen molar-refractivity contribution in [3.63, 3.8) is 0 Å². The first-order valence-corrected chi connectivity index (χ1v) is 7.74. The highest BCUT2D eigenvalue weighted by atomic mass is 16.4. The number of carboxylic acids is 1. The van der Waals surface area contributed by atoms with E-state index >= 15 is 0 Å². The summed E-state index contributed by atoms with van der Waals surface area (Å²) in [5.41, 5.74) is -0.111. The number of hydrogen-bond acceptors (Lipinski definition) is 3. The molecule has 0 aromatic carbocycles. The van der Waals surface area contributed by atoms with Crippen LogP contribution < -0.4 is 0 Å². The lowest BCUT2D eigenvalue weighted by Crippen LogP contribution is -2.52. The van der Waals surface area contributed by atoms with Crippen LogP contribution in [0.3, 0.4) is 0 Å². The first kappa shape index (κ1) is 14.8. The van der Waals surface area contributed by atoms with Gasteiger partial charge in [0.1, 0.15) is 0 Å². The highest BCUT2D eigenvalue weighted by molar-refractivity contribution is 5.68. The Balaban J connectivity index is 2.12. The lowest BCUT2D eigenvalue weighted by atomic mass is 9.91. The van der Waals surface area contributed by atoms with Crippen molar-refractivity contribution >= 4 is 5.97 Å². The zero-order valence-corrected chi connectivity index (χ0v) is 12.4. The van der Waals surface area contributed by atoms with E-state index in [0.29, 0.717) is 12.5 Å². The topological polar surface area (TPSA) is 43.8 Å². The molecule has 4 heteroatoms. The quantitative estimate of drug-likeness (QED) is 0.849. The zero-order chi connectivity index (χ0) is 13.9. The molecular formula is C15H28N2O2. The molecule has 2 aliphatic heterocycles. The molecule has 2 fully saturated rings.